The van der Waals surface area contributed by atoms with Gasteiger partial charge in [-0.05, 0) is 73.7 Å². The van der Waals surface area contributed by atoms with Gasteiger partial charge in [0.2, 0.25) is 0 Å². The largest absolute Gasteiger partial charge is 0.435 e. The van der Waals surface area contributed by atoms with E-state index in [9.17, 15) is 13.2 Å². The monoisotopic (exact) mass is 423 g/mol. The Balaban J connectivity index is 1.64. The molecule has 0 amide bonds. The fraction of sp³-hybridized carbons (Fsp3) is 0.231. The first-order chi connectivity index (χ1) is 14.9. The summed E-state index contributed by atoms with van der Waals surface area (Å²) < 4.78 is 43.3. The number of terminal acetylenes is 1. The molecule has 0 heterocycles. The molecular formula is C26H24F3NO. The van der Waals surface area contributed by atoms with Gasteiger partial charge in [0.05, 0.1) is 11.1 Å². The Morgan fingerprint density at radius 2 is 1.74 bits per heavy atom. The van der Waals surface area contributed by atoms with E-state index in [0.717, 1.165) is 29.7 Å². The topological polar surface area (TPSA) is 21.3 Å². The molecule has 3 rings (SSSR count). The molecule has 0 radical (unpaired) electrons. The number of hydrogen-bond acceptors (Lipinski definition) is 2. The van der Waals surface area contributed by atoms with Gasteiger partial charge < -0.3 is 10.1 Å². The van der Waals surface area contributed by atoms with Gasteiger partial charge in [-0.1, -0.05) is 42.3 Å². The number of hydrogen-bond donors (Lipinski definition) is 1. The number of halogens is 3. The Morgan fingerprint density at radius 3 is 2.39 bits per heavy atom. The maximum absolute atomic E-state index is 14.2. The van der Waals surface area contributed by atoms with Gasteiger partial charge >= 0.3 is 6.61 Å². The lowest BCUT2D eigenvalue weighted by atomic mass is 9.78. The molecule has 0 aliphatic heterocycles. The van der Waals surface area contributed by atoms with Gasteiger partial charge in [0.15, 0.2) is 0 Å². The second-order valence-corrected chi connectivity index (χ2v) is 7.54. The minimum atomic E-state index is -2.86. The Morgan fingerprint density at radius 1 is 1.03 bits per heavy atom. The fourth-order valence-corrected chi connectivity index (χ4v) is 3.45. The summed E-state index contributed by atoms with van der Waals surface area (Å²) in [6, 6.07) is 20.9. The van der Waals surface area contributed by atoms with Gasteiger partial charge in [0.25, 0.3) is 0 Å². The number of ether oxygens (including phenoxy) is 1. The maximum Gasteiger partial charge on any atom is 0.387 e. The zero-order valence-electron chi connectivity index (χ0n) is 17.2. The van der Waals surface area contributed by atoms with Crippen LogP contribution in [0.25, 0.3) is 0 Å². The highest BCUT2D eigenvalue weighted by atomic mass is 19.3. The molecule has 0 aliphatic rings. The summed E-state index contributed by atoms with van der Waals surface area (Å²) >= 11 is 0. The predicted molar refractivity (Wildman–Crippen MR) is 118 cm³/mol. The van der Waals surface area contributed by atoms with Crippen LogP contribution in [-0.4, -0.2) is 6.61 Å². The van der Waals surface area contributed by atoms with E-state index >= 15 is 0 Å². The standard InChI is InChI=1S/C26H24F3NO/c1-3-26(2,20-12-14-22(15-13-20)31-25(28)29)17-7-8-19-11-16-23(27)24(18-19)30-21-9-5-4-6-10-21/h1,4-6,9-16,18,25,30H,7-8,17H2,2H3. The van der Waals surface area contributed by atoms with Gasteiger partial charge in [-0.2, -0.15) is 8.78 Å². The van der Waals surface area contributed by atoms with Gasteiger partial charge in [-0.15, -0.1) is 6.42 Å². The van der Waals surface area contributed by atoms with Crippen molar-refractivity contribution in [3.63, 3.8) is 0 Å². The molecule has 1 N–H and O–H groups in total. The molecule has 0 spiro atoms. The van der Waals surface area contributed by atoms with Crippen molar-refractivity contribution in [1.29, 1.82) is 0 Å². The average Bonchev–Trinajstić information content (AvgIpc) is 2.76. The van der Waals surface area contributed by atoms with Crippen molar-refractivity contribution < 1.29 is 17.9 Å². The van der Waals surface area contributed by atoms with Crippen molar-refractivity contribution in [3.8, 4) is 18.1 Å². The van der Waals surface area contributed by atoms with Crippen LogP contribution in [0.2, 0.25) is 0 Å². The minimum absolute atomic E-state index is 0.0999. The molecular weight excluding hydrogens is 399 g/mol. The quantitative estimate of drug-likeness (QED) is 0.371. The fourth-order valence-electron chi connectivity index (χ4n) is 3.45. The molecule has 0 aliphatic carbocycles. The number of nitrogens with one attached hydrogen (secondary N) is 1. The summed E-state index contributed by atoms with van der Waals surface area (Å²) in [5, 5.41) is 3.10. The van der Waals surface area contributed by atoms with E-state index in [-0.39, 0.29) is 11.6 Å². The van der Waals surface area contributed by atoms with Crippen molar-refractivity contribution in [3.05, 3.63) is 89.7 Å². The van der Waals surface area contributed by atoms with Crippen LogP contribution in [0.5, 0.6) is 5.75 Å². The van der Waals surface area contributed by atoms with E-state index < -0.39 is 12.0 Å². The Labute approximate surface area is 181 Å². The second kappa shape index (κ2) is 10.1. The first-order valence-electron chi connectivity index (χ1n) is 10.0. The Bertz CT molecular complexity index is 1030. The lowest BCUT2D eigenvalue weighted by Gasteiger charge is -2.24. The highest BCUT2D eigenvalue weighted by Gasteiger charge is 2.23. The lowest BCUT2D eigenvalue weighted by Crippen LogP contribution is -2.19. The van der Waals surface area contributed by atoms with Crippen molar-refractivity contribution in [2.75, 3.05) is 5.32 Å². The molecule has 160 valence electrons. The van der Waals surface area contributed by atoms with Crippen LogP contribution in [-0.2, 0) is 11.8 Å². The van der Waals surface area contributed by atoms with E-state index in [1.807, 2.05) is 43.3 Å². The zero-order valence-corrected chi connectivity index (χ0v) is 17.2. The number of anilines is 2. The number of para-hydroxylation sites is 1. The smallest absolute Gasteiger partial charge is 0.387 e. The molecule has 1 atom stereocenters. The zero-order chi connectivity index (χ0) is 22.3. The third-order valence-corrected chi connectivity index (χ3v) is 5.26. The molecule has 3 aromatic rings. The highest BCUT2D eigenvalue weighted by molar-refractivity contribution is 5.60. The van der Waals surface area contributed by atoms with Crippen LogP contribution in [0.3, 0.4) is 0 Å². The van der Waals surface area contributed by atoms with Gasteiger partial charge in [-0.3, -0.25) is 0 Å². The highest BCUT2D eigenvalue weighted by Crippen LogP contribution is 2.31. The van der Waals surface area contributed by atoms with Crippen molar-refractivity contribution >= 4 is 11.4 Å². The van der Waals surface area contributed by atoms with Gasteiger partial charge in [0, 0.05) is 5.69 Å². The number of rotatable bonds is 9. The van der Waals surface area contributed by atoms with Crippen LogP contribution in [0, 0.1) is 18.2 Å². The third-order valence-electron chi connectivity index (χ3n) is 5.26. The SMILES string of the molecule is C#CC(C)(CCCc1ccc(F)c(Nc2ccccc2)c1)c1ccc(OC(F)F)cc1. The van der Waals surface area contributed by atoms with Gasteiger partial charge in [0.1, 0.15) is 11.6 Å². The molecule has 3 aromatic carbocycles. The van der Waals surface area contributed by atoms with Gasteiger partial charge in [-0.25, -0.2) is 4.39 Å². The molecule has 5 heteroatoms. The Kier molecular flexibility index (Phi) is 7.25. The van der Waals surface area contributed by atoms with E-state index in [0.29, 0.717) is 12.1 Å². The van der Waals surface area contributed by atoms with E-state index in [1.165, 1.54) is 18.2 Å². The molecule has 0 saturated carbocycles. The summed E-state index contributed by atoms with van der Waals surface area (Å²) in [6.07, 6.45) is 8.01. The number of benzene rings is 3. The summed E-state index contributed by atoms with van der Waals surface area (Å²) in [7, 11) is 0. The van der Waals surface area contributed by atoms with Crippen LogP contribution < -0.4 is 10.1 Å². The van der Waals surface area contributed by atoms with E-state index in [1.54, 1.807) is 18.2 Å². The van der Waals surface area contributed by atoms with Crippen LogP contribution in [0.1, 0.15) is 30.9 Å². The van der Waals surface area contributed by atoms with Crippen molar-refractivity contribution in [1.82, 2.24) is 0 Å². The lowest BCUT2D eigenvalue weighted by molar-refractivity contribution is -0.0498. The Hall–Kier alpha value is -3.39. The molecule has 2 nitrogen and oxygen atoms in total. The molecule has 0 saturated heterocycles. The number of alkyl halides is 2. The summed E-state index contributed by atoms with van der Waals surface area (Å²) in [5.74, 6) is 2.62. The summed E-state index contributed by atoms with van der Waals surface area (Å²) in [4.78, 5) is 0. The molecule has 0 aromatic heterocycles. The first kappa shape index (κ1) is 22.3. The molecule has 0 fully saturated rings. The maximum atomic E-state index is 14.2. The third kappa shape index (κ3) is 6.05. The van der Waals surface area contributed by atoms with Crippen LogP contribution >= 0.6 is 0 Å². The summed E-state index contributed by atoms with van der Waals surface area (Å²) in [6.45, 7) is -0.912. The van der Waals surface area contributed by atoms with Crippen LogP contribution in [0.15, 0.2) is 72.8 Å². The predicted octanol–water partition coefficient (Wildman–Crippen LogP) is 7.08. The first-order valence-corrected chi connectivity index (χ1v) is 10.0. The van der Waals surface area contributed by atoms with Crippen molar-refractivity contribution in [2.45, 2.75) is 38.2 Å². The normalized spacial score (nSPS) is 12.8. The molecule has 31 heavy (non-hydrogen) atoms. The average molecular weight is 423 g/mol. The summed E-state index contributed by atoms with van der Waals surface area (Å²) in [5.41, 5.74) is 2.56. The minimum Gasteiger partial charge on any atom is -0.435 e. The van der Waals surface area contributed by atoms with Crippen molar-refractivity contribution in [2.24, 2.45) is 0 Å². The number of aryl methyl sites for hydroxylation is 1. The molecule has 0 bridgehead atoms. The van der Waals surface area contributed by atoms with E-state index in [4.69, 9.17) is 6.42 Å². The van der Waals surface area contributed by atoms with Crippen LogP contribution in [0.4, 0.5) is 24.5 Å². The molecule has 1 unspecified atom stereocenters. The second-order valence-electron chi connectivity index (χ2n) is 7.54. The van der Waals surface area contributed by atoms with E-state index in [2.05, 4.69) is 16.0 Å².